The molecule has 26 heavy (non-hydrogen) atoms. The van der Waals surface area contributed by atoms with Crippen LogP contribution in [0.15, 0.2) is 48.5 Å². The second-order valence-corrected chi connectivity index (χ2v) is 6.68. The van der Waals surface area contributed by atoms with Crippen molar-refractivity contribution in [3.05, 3.63) is 71.0 Å². The van der Waals surface area contributed by atoms with E-state index in [0.717, 1.165) is 18.7 Å². The molecule has 0 aromatic heterocycles. The van der Waals surface area contributed by atoms with Crippen LogP contribution in [0.4, 0.5) is 4.39 Å². The van der Waals surface area contributed by atoms with Gasteiger partial charge in [-0.05, 0) is 30.2 Å². The summed E-state index contributed by atoms with van der Waals surface area (Å²) < 4.78 is 18.4. The van der Waals surface area contributed by atoms with E-state index in [4.69, 9.17) is 4.74 Å². The lowest BCUT2D eigenvalue weighted by atomic mass is 10.0. The Bertz CT molecular complexity index is 710. The normalized spacial score (nSPS) is 16.2. The molecule has 138 valence electrons. The lowest BCUT2D eigenvalue weighted by molar-refractivity contribution is -0.120. The molecule has 1 aliphatic rings. The minimum absolute atomic E-state index is 0.0537. The van der Waals surface area contributed by atoms with Gasteiger partial charge in [0.05, 0.1) is 25.7 Å². The Labute approximate surface area is 154 Å². The summed E-state index contributed by atoms with van der Waals surface area (Å²) in [5.41, 5.74) is 3.22. The molecular weight excluding hydrogens is 331 g/mol. The van der Waals surface area contributed by atoms with E-state index in [1.807, 2.05) is 0 Å². The SMILES string of the molecule is Cc1ccc(C(CNC(=O)Cc2ccc(F)cc2)N2CCOCC2)cc1. The number of halogens is 1. The summed E-state index contributed by atoms with van der Waals surface area (Å²) in [6.45, 7) is 5.75. The van der Waals surface area contributed by atoms with Gasteiger partial charge in [-0.1, -0.05) is 42.0 Å². The fraction of sp³-hybridized carbons (Fsp3) is 0.381. The average Bonchev–Trinajstić information content (AvgIpc) is 2.66. The number of nitrogens with one attached hydrogen (secondary N) is 1. The fourth-order valence-corrected chi connectivity index (χ4v) is 3.20. The van der Waals surface area contributed by atoms with Crippen molar-refractivity contribution in [2.24, 2.45) is 0 Å². The maximum Gasteiger partial charge on any atom is 0.224 e. The largest absolute Gasteiger partial charge is 0.379 e. The molecule has 1 amide bonds. The van der Waals surface area contributed by atoms with Gasteiger partial charge in [0.25, 0.3) is 0 Å². The summed E-state index contributed by atoms with van der Waals surface area (Å²) in [7, 11) is 0. The van der Waals surface area contributed by atoms with E-state index in [1.165, 1.54) is 23.3 Å². The maximum absolute atomic E-state index is 13.0. The Morgan fingerprint density at radius 1 is 1.12 bits per heavy atom. The van der Waals surface area contributed by atoms with Crippen LogP contribution in [-0.2, 0) is 16.0 Å². The molecule has 1 aliphatic heterocycles. The number of nitrogens with zero attached hydrogens (tertiary/aromatic N) is 1. The van der Waals surface area contributed by atoms with Crippen LogP contribution in [0.2, 0.25) is 0 Å². The van der Waals surface area contributed by atoms with Crippen molar-refractivity contribution in [2.75, 3.05) is 32.8 Å². The second kappa shape index (κ2) is 8.92. The highest BCUT2D eigenvalue weighted by molar-refractivity contribution is 5.78. The number of ether oxygens (including phenoxy) is 1. The third kappa shape index (κ3) is 5.13. The third-order valence-electron chi connectivity index (χ3n) is 4.72. The van der Waals surface area contributed by atoms with Crippen LogP contribution in [0.5, 0.6) is 0 Å². The second-order valence-electron chi connectivity index (χ2n) is 6.68. The van der Waals surface area contributed by atoms with E-state index in [-0.39, 0.29) is 24.2 Å². The van der Waals surface area contributed by atoms with Gasteiger partial charge in [0, 0.05) is 19.6 Å². The fourth-order valence-electron chi connectivity index (χ4n) is 3.20. The van der Waals surface area contributed by atoms with Crippen LogP contribution in [0, 0.1) is 12.7 Å². The average molecular weight is 356 g/mol. The van der Waals surface area contributed by atoms with E-state index in [2.05, 4.69) is 41.4 Å². The Morgan fingerprint density at radius 3 is 2.42 bits per heavy atom. The highest BCUT2D eigenvalue weighted by Gasteiger charge is 2.23. The van der Waals surface area contributed by atoms with Crippen molar-refractivity contribution in [1.29, 1.82) is 0 Å². The number of hydrogen-bond donors (Lipinski definition) is 1. The molecule has 1 N–H and O–H groups in total. The number of amides is 1. The Balaban J connectivity index is 1.64. The first-order chi connectivity index (χ1) is 12.6. The summed E-state index contributed by atoms with van der Waals surface area (Å²) in [4.78, 5) is 14.7. The number of morpholine rings is 1. The van der Waals surface area contributed by atoms with Crippen LogP contribution in [0.3, 0.4) is 0 Å². The summed E-state index contributed by atoms with van der Waals surface area (Å²) >= 11 is 0. The van der Waals surface area contributed by atoms with Gasteiger partial charge in [-0.2, -0.15) is 0 Å². The number of aryl methyl sites for hydroxylation is 1. The van der Waals surface area contributed by atoms with Crippen LogP contribution < -0.4 is 5.32 Å². The summed E-state index contributed by atoms with van der Waals surface area (Å²) in [6, 6.07) is 14.6. The Kier molecular flexibility index (Phi) is 6.36. The van der Waals surface area contributed by atoms with Crippen molar-refractivity contribution in [3.63, 3.8) is 0 Å². The molecule has 1 saturated heterocycles. The lowest BCUT2D eigenvalue weighted by Crippen LogP contribution is -2.44. The summed E-state index contributed by atoms with van der Waals surface area (Å²) in [6.07, 6.45) is 0.254. The quantitative estimate of drug-likeness (QED) is 0.865. The van der Waals surface area contributed by atoms with Gasteiger partial charge in [-0.15, -0.1) is 0 Å². The first kappa shape index (κ1) is 18.5. The van der Waals surface area contributed by atoms with Crippen molar-refractivity contribution in [1.82, 2.24) is 10.2 Å². The molecule has 0 bridgehead atoms. The highest BCUT2D eigenvalue weighted by atomic mass is 19.1. The van der Waals surface area contributed by atoms with Crippen LogP contribution in [0.25, 0.3) is 0 Å². The lowest BCUT2D eigenvalue weighted by Gasteiger charge is -2.35. The van der Waals surface area contributed by atoms with Gasteiger partial charge in [-0.25, -0.2) is 4.39 Å². The molecule has 3 rings (SSSR count). The standard InChI is InChI=1S/C21H25FN2O2/c1-16-2-6-18(7-3-16)20(24-10-12-26-13-11-24)15-23-21(25)14-17-4-8-19(22)9-5-17/h2-9,20H,10-15H2,1H3,(H,23,25). The first-order valence-corrected chi connectivity index (χ1v) is 9.01. The Hall–Kier alpha value is -2.24. The highest BCUT2D eigenvalue weighted by Crippen LogP contribution is 2.22. The molecule has 1 unspecified atom stereocenters. The zero-order valence-corrected chi connectivity index (χ0v) is 15.1. The van der Waals surface area contributed by atoms with Crippen molar-refractivity contribution in [3.8, 4) is 0 Å². The molecule has 0 radical (unpaired) electrons. The summed E-state index contributed by atoms with van der Waals surface area (Å²) in [5, 5.41) is 3.04. The van der Waals surface area contributed by atoms with Gasteiger partial charge < -0.3 is 10.1 Å². The molecule has 0 spiro atoms. The molecule has 5 heteroatoms. The number of benzene rings is 2. The molecule has 1 atom stereocenters. The van der Waals surface area contributed by atoms with E-state index < -0.39 is 0 Å². The van der Waals surface area contributed by atoms with Gasteiger partial charge in [0.15, 0.2) is 0 Å². The van der Waals surface area contributed by atoms with Gasteiger partial charge in [0.2, 0.25) is 5.91 Å². The van der Waals surface area contributed by atoms with E-state index in [0.29, 0.717) is 19.8 Å². The molecular formula is C21H25FN2O2. The number of hydrogen-bond acceptors (Lipinski definition) is 3. The third-order valence-corrected chi connectivity index (χ3v) is 4.72. The predicted octanol–water partition coefficient (Wildman–Crippen LogP) is 2.87. The van der Waals surface area contributed by atoms with E-state index in [1.54, 1.807) is 12.1 Å². The number of carbonyl (C=O) groups excluding carboxylic acids is 1. The first-order valence-electron chi connectivity index (χ1n) is 9.01. The van der Waals surface area contributed by atoms with Crippen molar-refractivity contribution < 1.29 is 13.9 Å². The van der Waals surface area contributed by atoms with Crippen LogP contribution >= 0.6 is 0 Å². The molecule has 0 saturated carbocycles. The number of rotatable bonds is 6. The van der Waals surface area contributed by atoms with E-state index in [9.17, 15) is 9.18 Å². The minimum atomic E-state index is -0.291. The molecule has 0 aliphatic carbocycles. The monoisotopic (exact) mass is 356 g/mol. The zero-order chi connectivity index (χ0) is 18.4. The topological polar surface area (TPSA) is 41.6 Å². The molecule has 2 aromatic rings. The van der Waals surface area contributed by atoms with Crippen molar-refractivity contribution in [2.45, 2.75) is 19.4 Å². The van der Waals surface area contributed by atoms with E-state index >= 15 is 0 Å². The smallest absolute Gasteiger partial charge is 0.224 e. The van der Waals surface area contributed by atoms with Crippen LogP contribution in [0.1, 0.15) is 22.7 Å². The Morgan fingerprint density at radius 2 is 1.77 bits per heavy atom. The molecule has 1 fully saturated rings. The minimum Gasteiger partial charge on any atom is -0.379 e. The van der Waals surface area contributed by atoms with Crippen LogP contribution in [-0.4, -0.2) is 43.7 Å². The molecule has 2 aromatic carbocycles. The molecule has 4 nitrogen and oxygen atoms in total. The van der Waals surface area contributed by atoms with Crippen molar-refractivity contribution >= 4 is 5.91 Å². The maximum atomic E-state index is 13.0. The zero-order valence-electron chi connectivity index (χ0n) is 15.1. The summed E-state index contributed by atoms with van der Waals surface area (Å²) in [5.74, 6) is -0.345. The van der Waals surface area contributed by atoms with Gasteiger partial charge in [0.1, 0.15) is 5.82 Å². The predicted molar refractivity (Wildman–Crippen MR) is 99.4 cm³/mol. The number of carbonyl (C=O) groups is 1. The van der Waals surface area contributed by atoms with Gasteiger partial charge >= 0.3 is 0 Å². The van der Waals surface area contributed by atoms with Gasteiger partial charge in [-0.3, -0.25) is 9.69 Å². The molecule has 1 heterocycles.